The zero-order chi connectivity index (χ0) is 14.4. The van der Waals surface area contributed by atoms with E-state index in [1.54, 1.807) is 0 Å². The monoisotopic (exact) mass is 272 g/mol. The predicted molar refractivity (Wildman–Crippen MR) is 79.6 cm³/mol. The van der Waals surface area contributed by atoms with E-state index in [-0.39, 0.29) is 11.0 Å². The minimum atomic E-state index is 0.166. The number of rotatable bonds is 8. The lowest BCUT2D eigenvalue weighted by molar-refractivity contribution is 0.0844. The Hall–Kier alpha value is -0.160. The molecule has 1 atom stereocenters. The number of ether oxygens (including phenoxy) is 2. The molecule has 1 unspecified atom stereocenters. The Balaban J connectivity index is 2.42. The summed E-state index contributed by atoms with van der Waals surface area (Å²) in [5.41, 5.74) is 0.424. The van der Waals surface area contributed by atoms with Gasteiger partial charge in [-0.2, -0.15) is 0 Å². The van der Waals surface area contributed by atoms with Crippen LogP contribution in [0.5, 0.6) is 0 Å². The van der Waals surface area contributed by atoms with Crippen LogP contribution in [-0.4, -0.2) is 63.5 Å². The topological polar surface area (TPSA) is 33.7 Å². The van der Waals surface area contributed by atoms with Crippen LogP contribution in [0.3, 0.4) is 0 Å². The lowest BCUT2D eigenvalue weighted by Crippen LogP contribution is -2.49. The van der Waals surface area contributed by atoms with Crippen LogP contribution < -0.4 is 5.32 Å². The smallest absolute Gasteiger partial charge is 0.0593 e. The van der Waals surface area contributed by atoms with Crippen molar-refractivity contribution in [2.75, 3.05) is 53.1 Å². The predicted octanol–water partition coefficient (Wildman–Crippen LogP) is 1.75. The van der Waals surface area contributed by atoms with Crippen LogP contribution in [0.15, 0.2) is 0 Å². The van der Waals surface area contributed by atoms with Gasteiger partial charge in [-0.15, -0.1) is 0 Å². The zero-order valence-electron chi connectivity index (χ0n) is 13.4. The third-order valence-electron chi connectivity index (χ3n) is 3.61. The molecule has 0 aliphatic carbocycles. The lowest BCUT2D eigenvalue weighted by Gasteiger charge is -2.35. The lowest BCUT2D eigenvalue weighted by atomic mass is 9.85. The summed E-state index contributed by atoms with van der Waals surface area (Å²) in [6.07, 6.45) is 1.15. The van der Waals surface area contributed by atoms with Crippen molar-refractivity contribution in [3.05, 3.63) is 0 Å². The van der Waals surface area contributed by atoms with Crippen molar-refractivity contribution in [1.82, 2.24) is 10.2 Å². The molecule has 1 aliphatic rings. The minimum Gasteiger partial charge on any atom is -0.381 e. The number of hydrogen-bond acceptors (Lipinski definition) is 4. The van der Waals surface area contributed by atoms with Gasteiger partial charge in [0.25, 0.3) is 0 Å². The molecule has 0 aromatic heterocycles. The molecule has 1 heterocycles. The van der Waals surface area contributed by atoms with Gasteiger partial charge >= 0.3 is 0 Å². The van der Waals surface area contributed by atoms with Crippen LogP contribution in [0.1, 0.15) is 34.1 Å². The van der Waals surface area contributed by atoms with Gasteiger partial charge in [0.1, 0.15) is 0 Å². The van der Waals surface area contributed by atoms with Crippen LogP contribution in [-0.2, 0) is 9.47 Å². The second-order valence-electron chi connectivity index (χ2n) is 6.84. The van der Waals surface area contributed by atoms with E-state index < -0.39 is 0 Å². The molecule has 19 heavy (non-hydrogen) atoms. The molecule has 0 aromatic carbocycles. The van der Waals surface area contributed by atoms with E-state index in [1.165, 1.54) is 0 Å². The Morgan fingerprint density at radius 2 is 2.11 bits per heavy atom. The molecule has 4 heteroatoms. The van der Waals surface area contributed by atoms with Crippen molar-refractivity contribution >= 4 is 0 Å². The van der Waals surface area contributed by atoms with Crippen LogP contribution in [0, 0.1) is 5.41 Å². The Morgan fingerprint density at radius 3 is 2.63 bits per heavy atom. The van der Waals surface area contributed by atoms with Gasteiger partial charge in [0.2, 0.25) is 0 Å². The molecule has 0 amide bonds. The fraction of sp³-hybridized carbons (Fsp3) is 1.00. The van der Waals surface area contributed by atoms with Crippen molar-refractivity contribution in [3.8, 4) is 0 Å². The molecule has 1 saturated heterocycles. The zero-order valence-corrected chi connectivity index (χ0v) is 13.4. The normalized spacial score (nSPS) is 24.3. The van der Waals surface area contributed by atoms with Gasteiger partial charge in [-0.1, -0.05) is 0 Å². The van der Waals surface area contributed by atoms with Gasteiger partial charge in [-0.3, -0.25) is 0 Å². The maximum atomic E-state index is 5.65. The largest absolute Gasteiger partial charge is 0.381 e. The van der Waals surface area contributed by atoms with Gasteiger partial charge in [0.15, 0.2) is 0 Å². The summed E-state index contributed by atoms with van der Waals surface area (Å²) < 4.78 is 11.1. The molecule has 1 fully saturated rings. The number of hydrogen-bond donors (Lipinski definition) is 1. The third-order valence-corrected chi connectivity index (χ3v) is 3.61. The van der Waals surface area contributed by atoms with Crippen molar-refractivity contribution in [1.29, 1.82) is 0 Å². The molecule has 0 spiro atoms. The SMILES string of the molecule is CCOCCN(C)CC1(CNC(C)(C)C)CCOC1. The summed E-state index contributed by atoms with van der Waals surface area (Å²) in [5.74, 6) is 0. The fourth-order valence-electron chi connectivity index (χ4n) is 2.44. The molecule has 0 saturated carbocycles. The highest BCUT2D eigenvalue weighted by Crippen LogP contribution is 2.29. The highest BCUT2D eigenvalue weighted by molar-refractivity contribution is 4.90. The van der Waals surface area contributed by atoms with Gasteiger partial charge in [-0.25, -0.2) is 0 Å². The third kappa shape index (κ3) is 6.70. The Bertz CT molecular complexity index is 245. The first kappa shape index (κ1) is 16.9. The molecule has 1 aliphatic heterocycles. The summed E-state index contributed by atoms with van der Waals surface area (Å²) in [6.45, 7) is 15.2. The molecule has 0 radical (unpaired) electrons. The quantitative estimate of drug-likeness (QED) is 0.683. The van der Waals surface area contributed by atoms with E-state index in [2.05, 4.69) is 38.0 Å². The summed E-state index contributed by atoms with van der Waals surface area (Å²) in [6, 6.07) is 0. The van der Waals surface area contributed by atoms with E-state index in [9.17, 15) is 0 Å². The second-order valence-corrected chi connectivity index (χ2v) is 6.84. The standard InChI is InChI=1S/C15H32N2O2/c1-6-18-10-8-17(5)12-15(7-9-19-13-15)11-16-14(2,3)4/h16H,6-13H2,1-5H3. The van der Waals surface area contributed by atoms with Crippen molar-refractivity contribution in [2.24, 2.45) is 5.41 Å². The minimum absolute atomic E-state index is 0.166. The molecule has 1 N–H and O–H groups in total. The van der Waals surface area contributed by atoms with Gasteiger partial charge < -0.3 is 19.7 Å². The summed E-state index contributed by atoms with van der Waals surface area (Å²) in [7, 11) is 2.18. The highest BCUT2D eigenvalue weighted by Gasteiger charge is 2.36. The molecule has 1 rings (SSSR count). The van der Waals surface area contributed by atoms with E-state index in [4.69, 9.17) is 9.47 Å². The number of nitrogens with one attached hydrogen (secondary N) is 1. The first-order chi connectivity index (χ1) is 8.87. The van der Waals surface area contributed by atoms with E-state index in [1.807, 2.05) is 6.92 Å². The summed E-state index contributed by atoms with van der Waals surface area (Å²) in [5, 5.41) is 3.64. The Kier molecular flexibility index (Phi) is 6.74. The van der Waals surface area contributed by atoms with Gasteiger partial charge in [0, 0.05) is 43.8 Å². The second kappa shape index (κ2) is 7.58. The molecule has 0 aromatic rings. The summed E-state index contributed by atoms with van der Waals surface area (Å²) >= 11 is 0. The van der Waals surface area contributed by atoms with Gasteiger partial charge in [-0.05, 0) is 41.2 Å². The Morgan fingerprint density at radius 1 is 1.37 bits per heavy atom. The molecular formula is C15H32N2O2. The Labute approximate surface area is 118 Å². The van der Waals surface area contributed by atoms with Crippen LogP contribution >= 0.6 is 0 Å². The van der Waals surface area contributed by atoms with Crippen LogP contribution in [0.4, 0.5) is 0 Å². The maximum absolute atomic E-state index is 5.65. The first-order valence-corrected chi connectivity index (χ1v) is 7.46. The maximum Gasteiger partial charge on any atom is 0.0593 e. The van der Waals surface area contributed by atoms with Crippen LogP contribution in [0.2, 0.25) is 0 Å². The average Bonchev–Trinajstić information content (AvgIpc) is 2.75. The van der Waals surface area contributed by atoms with Crippen molar-refractivity contribution in [2.45, 2.75) is 39.7 Å². The number of nitrogens with zero attached hydrogens (tertiary/aromatic N) is 1. The van der Waals surface area contributed by atoms with Gasteiger partial charge in [0.05, 0.1) is 13.2 Å². The molecule has 0 bridgehead atoms. The van der Waals surface area contributed by atoms with E-state index in [0.29, 0.717) is 0 Å². The number of likely N-dealkylation sites (N-methyl/N-ethyl adjacent to an activating group) is 1. The molecule has 114 valence electrons. The van der Waals surface area contributed by atoms with E-state index >= 15 is 0 Å². The highest BCUT2D eigenvalue weighted by atomic mass is 16.5. The van der Waals surface area contributed by atoms with Crippen LogP contribution in [0.25, 0.3) is 0 Å². The molecule has 4 nitrogen and oxygen atoms in total. The first-order valence-electron chi connectivity index (χ1n) is 7.46. The summed E-state index contributed by atoms with van der Waals surface area (Å²) in [4.78, 5) is 2.37. The van der Waals surface area contributed by atoms with E-state index in [0.717, 1.165) is 52.5 Å². The molecular weight excluding hydrogens is 240 g/mol. The fourth-order valence-corrected chi connectivity index (χ4v) is 2.44. The average molecular weight is 272 g/mol. The van der Waals surface area contributed by atoms with Crippen molar-refractivity contribution in [3.63, 3.8) is 0 Å². The van der Waals surface area contributed by atoms with Crippen molar-refractivity contribution < 1.29 is 9.47 Å².